The van der Waals surface area contributed by atoms with E-state index in [0.29, 0.717) is 44.3 Å². The second kappa shape index (κ2) is 10.5. The van der Waals surface area contributed by atoms with Crippen LogP contribution in [0.2, 0.25) is 0 Å². The van der Waals surface area contributed by atoms with Crippen molar-refractivity contribution >= 4 is 0 Å². The predicted octanol–water partition coefficient (Wildman–Crippen LogP) is 6.33. The zero-order chi connectivity index (χ0) is 22.5. The summed E-state index contributed by atoms with van der Waals surface area (Å²) in [5.41, 5.74) is 0.323. The maximum atomic E-state index is 14.5. The Balaban J connectivity index is 1.57. The zero-order valence-corrected chi connectivity index (χ0v) is 17.8. The monoisotopic (exact) mass is 440 g/mol. The standard InChI is InChI=1S/C24H28F4O3/c1-3-12-30-20-11-10-19(23(27)24(20)28)15-4-7-17(8-5-15)31-13-16-6-9-18(14(2)29)22(26)21(16)25/h6,9-11,14-15,17,29H,3-5,7-8,12-13H2,1-2H3. The van der Waals surface area contributed by atoms with E-state index in [1.807, 2.05) is 6.92 Å². The van der Waals surface area contributed by atoms with Crippen molar-refractivity contribution in [3.63, 3.8) is 0 Å². The summed E-state index contributed by atoms with van der Waals surface area (Å²) >= 11 is 0. The Morgan fingerprint density at radius 2 is 1.65 bits per heavy atom. The molecule has 0 spiro atoms. The van der Waals surface area contributed by atoms with Gasteiger partial charge >= 0.3 is 0 Å². The van der Waals surface area contributed by atoms with Crippen LogP contribution in [0.15, 0.2) is 24.3 Å². The lowest BCUT2D eigenvalue weighted by Gasteiger charge is -2.29. The summed E-state index contributed by atoms with van der Waals surface area (Å²) in [7, 11) is 0. The van der Waals surface area contributed by atoms with Gasteiger partial charge in [0.05, 0.1) is 25.4 Å². The Labute approximate surface area is 180 Å². The molecular weight excluding hydrogens is 412 g/mol. The van der Waals surface area contributed by atoms with Crippen LogP contribution in [0.25, 0.3) is 0 Å². The molecule has 1 saturated carbocycles. The Morgan fingerprint density at radius 3 is 2.29 bits per heavy atom. The Hall–Kier alpha value is -2.12. The molecule has 1 atom stereocenters. The van der Waals surface area contributed by atoms with E-state index in [-0.39, 0.29) is 35.5 Å². The molecule has 0 amide bonds. The van der Waals surface area contributed by atoms with Gasteiger partial charge in [0.2, 0.25) is 5.82 Å². The Morgan fingerprint density at radius 1 is 0.935 bits per heavy atom. The number of aliphatic hydroxyl groups is 1. The fourth-order valence-electron chi connectivity index (χ4n) is 3.97. The van der Waals surface area contributed by atoms with Gasteiger partial charge in [-0.05, 0) is 56.6 Å². The van der Waals surface area contributed by atoms with Gasteiger partial charge in [0, 0.05) is 11.1 Å². The molecule has 31 heavy (non-hydrogen) atoms. The highest BCUT2D eigenvalue weighted by Gasteiger charge is 2.27. The topological polar surface area (TPSA) is 38.7 Å². The maximum Gasteiger partial charge on any atom is 0.200 e. The van der Waals surface area contributed by atoms with Crippen LogP contribution in [0, 0.1) is 23.3 Å². The van der Waals surface area contributed by atoms with Crippen LogP contribution in [0.3, 0.4) is 0 Å². The van der Waals surface area contributed by atoms with Gasteiger partial charge in [0.15, 0.2) is 23.2 Å². The van der Waals surface area contributed by atoms with E-state index < -0.39 is 29.4 Å². The SMILES string of the molecule is CCCOc1ccc(C2CCC(OCc3ccc(C(C)O)c(F)c3F)CC2)c(F)c1F. The number of hydrogen-bond acceptors (Lipinski definition) is 3. The molecule has 0 aromatic heterocycles. The second-order valence-corrected chi connectivity index (χ2v) is 8.03. The van der Waals surface area contributed by atoms with Gasteiger partial charge in [-0.1, -0.05) is 25.1 Å². The fourth-order valence-corrected chi connectivity index (χ4v) is 3.97. The van der Waals surface area contributed by atoms with Gasteiger partial charge in [0.1, 0.15) is 0 Å². The first-order chi connectivity index (χ1) is 14.8. The first kappa shape index (κ1) is 23.5. The molecule has 1 fully saturated rings. The summed E-state index contributed by atoms with van der Waals surface area (Å²) in [4.78, 5) is 0. The summed E-state index contributed by atoms with van der Waals surface area (Å²) in [5.74, 6) is -4.11. The van der Waals surface area contributed by atoms with E-state index in [0.717, 1.165) is 0 Å². The van der Waals surface area contributed by atoms with E-state index in [4.69, 9.17) is 9.47 Å². The molecule has 3 nitrogen and oxygen atoms in total. The molecule has 1 aliphatic rings. The molecule has 1 aliphatic carbocycles. The summed E-state index contributed by atoms with van der Waals surface area (Å²) in [6, 6.07) is 5.81. The molecule has 3 rings (SSSR count). The summed E-state index contributed by atoms with van der Waals surface area (Å²) < 4.78 is 68.0. The first-order valence-electron chi connectivity index (χ1n) is 10.7. The minimum Gasteiger partial charge on any atom is -0.490 e. The molecule has 0 aliphatic heterocycles. The lowest BCUT2D eigenvalue weighted by Crippen LogP contribution is -2.22. The third kappa shape index (κ3) is 5.39. The van der Waals surface area contributed by atoms with Gasteiger partial charge in [-0.15, -0.1) is 0 Å². The Kier molecular flexibility index (Phi) is 7.94. The maximum absolute atomic E-state index is 14.5. The van der Waals surface area contributed by atoms with Crippen LogP contribution >= 0.6 is 0 Å². The van der Waals surface area contributed by atoms with Gasteiger partial charge < -0.3 is 14.6 Å². The quantitative estimate of drug-likeness (QED) is 0.488. The van der Waals surface area contributed by atoms with Crippen molar-refractivity contribution in [2.24, 2.45) is 0 Å². The van der Waals surface area contributed by atoms with Crippen LogP contribution in [0.4, 0.5) is 17.6 Å². The summed E-state index contributed by atoms with van der Waals surface area (Å²) in [6.45, 7) is 3.49. The number of benzene rings is 2. The third-order valence-corrected chi connectivity index (χ3v) is 5.77. The van der Waals surface area contributed by atoms with E-state index in [1.54, 1.807) is 6.07 Å². The predicted molar refractivity (Wildman–Crippen MR) is 109 cm³/mol. The average molecular weight is 440 g/mol. The number of halogens is 4. The fraction of sp³-hybridized carbons (Fsp3) is 0.500. The molecule has 0 radical (unpaired) electrons. The lowest BCUT2D eigenvalue weighted by molar-refractivity contribution is 0.0116. The van der Waals surface area contributed by atoms with Crippen molar-refractivity contribution in [2.45, 2.75) is 70.7 Å². The van der Waals surface area contributed by atoms with Gasteiger partial charge in [0.25, 0.3) is 0 Å². The molecule has 170 valence electrons. The molecule has 0 bridgehead atoms. The minimum absolute atomic E-state index is 0.0732. The highest BCUT2D eigenvalue weighted by atomic mass is 19.2. The van der Waals surface area contributed by atoms with E-state index >= 15 is 0 Å². The number of ether oxygens (including phenoxy) is 2. The van der Waals surface area contributed by atoms with Crippen LogP contribution in [0.5, 0.6) is 5.75 Å². The van der Waals surface area contributed by atoms with Gasteiger partial charge in [-0.3, -0.25) is 0 Å². The van der Waals surface area contributed by atoms with Crippen LogP contribution in [0.1, 0.15) is 74.7 Å². The van der Waals surface area contributed by atoms with Crippen LogP contribution in [-0.2, 0) is 11.3 Å². The van der Waals surface area contributed by atoms with E-state index in [9.17, 15) is 22.7 Å². The van der Waals surface area contributed by atoms with E-state index in [2.05, 4.69) is 0 Å². The largest absolute Gasteiger partial charge is 0.490 e. The van der Waals surface area contributed by atoms with Crippen molar-refractivity contribution in [1.29, 1.82) is 0 Å². The number of hydrogen-bond donors (Lipinski definition) is 1. The van der Waals surface area contributed by atoms with Gasteiger partial charge in [-0.2, -0.15) is 4.39 Å². The first-order valence-corrected chi connectivity index (χ1v) is 10.7. The summed E-state index contributed by atoms with van der Waals surface area (Å²) in [5, 5.41) is 9.47. The minimum atomic E-state index is -1.10. The molecule has 1 N–H and O–H groups in total. The van der Waals surface area contributed by atoms with Crippen molar-refractivity contribution in [3.05, 3.63) is 64.2 Å². The highest BCUT2D eigenvalue weighted by Crippen LogP contribution is 2.37. The average Bonchev–Trinajstić information content (AvgIpc) is 2.76. The molecule has 0 saturated heterocycles. The van der Waals surface area contributed by atoms with E-state index in [1.165, 1.54) is 25.1 Å². The van der Waals surface area contributed by atoms with Crippen molar-refractivity contribution < 1.29 is 32.1 Å². The number of aliphatic hydroxyl groups excluding tert-OH is 1. The molecule has 2 aromatic rings. The second-order valence-electron chi connectivity index (χ2n) is 8.03. The number of rotatable bonds is 8. The molecular formula is C24H28F4O3. The van der Waals surface area contributed by atoms with Crippen LogP contribution < -0.4 is 4.74 Å². The molecule has 7 heteroatoms. The molecule has 0 heterocycles. The normalized spacial score (nSPS) is 20.0. The van der Waals surface area contributed by atoms with Crippen LogP contribution in [-0.4, -0.2) is 17.8 Å². The van der Waals surface area contributed by atoms with Crippen molar-refractivity contribution in [2.75, 3.05) is 6.61 Å². The van der Waals surface area contributed by atoms with Gasteiger partial charge in [-0.25, -0.2) is 13.2 Å². The zero-order valence-electron chi connectivity index (χ0n) is 17.8. The molecule has 1 unspecified atom stereocenters. The lowest BCUT2D eigenvalue weighted by atomic mass is 9.82. The smallest absolute Gasteiger partial charge is 0.200 e. The van der Waals surface area contributed by atoms with Crippen molar-refractivity contribution in [3.8, 4) is 5.75 Å². The Bertz CT molecular complexity index is 893. The summed E-state index contributed by atoms with van der Waals surface area (Å²) in [6.07, 6.45) is 1.86. The third-order valence-electron chi connectivity index (χ3n) is 5.77. The van der Waals surface area contributed by atoms with Crippen molar-refractivity contribution in [1.82, 2.24) is 0 Å². The molecule has 2 aromatic carbocycles. The highest BCUT2D eigenvalue weighted by molar-refractivity contribution is 5.33.